The Morgan fingerprint density at radius 3 is 2.33 bits per heavy atom. The monoisotopic (exact) mass is 266 g/mol. The van der Waals surface area contributed by atoms with Crippen molar-refractivity contribution in [3.05, 3.63) is 42.2 Å². The van der Waals surface area contributed by atoms with Gasteiger partial charge in [0.2, 0.25) is 0 Å². The number of aromatic carboxylic acids is 1. The van der Waals surface area contributed by atoms with Gasteiger partial charge < -0.3 is 5.11 Å². The summed E-state index contributed by atoms with van der Waals surface area (Å²) in [6.07, 6.45) is 3.73. The molecule has 1 aromatic carbocycles. The van der Waals surface area contributed by atoms with Crippen LogP contribution in [0.5, 0.6) is 0 Å². The minimum atomic E-state index is -3.29. The molecule has 2 rings (SSSR count). The van der Waals surface area contributed by atoms with E-state index in [2.05, 4.69) is 5.10 Å². The van der Waals surface area contributed by atoms with E-state index < -0.39 is 15.8 Å². The van der Waals surface area contributed by atoms with Crippen LogP contribution in [0.15, 0.2) is 41.6 Å². The molecule has 0 saturated heterocycles. The first kappa shape index (κ1) is 12.3. The number of carboxylic acid groups (broad SMARTS) is 1. The third-order valence-corrected chi connectivity index (χ3v) is 3.43. The minimum Gasteiger partial charge on any atom is -0.478 e. The fraction of sp³-hybridized carbons (Fsp3) is 0.0909. The summed E-state index contributed by atoms with van der Waals surface area (Å²) >= 11 is 0. The highest BCUT2D eigenvalue weighted by Crippen LogP contribution is 2.13. The van der Waals surface area contributed by atoms with Crippen molar-refractivity contribution in [2.24, 2.45) is 0 Å². The SMILES string of the molecule is CS(=O)(=O)c1cnn(-c2ccc(C(=O)O)cc2)c1. The standard InChI is InChI=1S/C11H10N2O4S/c1-18(16,17)10-6-12-13(7-10)9-4-2-8(3-5-9)11(14)15/h2-7H,1H3,(H,14,15). The zero-order valence-electron chi connectivity index (χ0n) is 9.44. The molecule has 0 bridgehead atoms. The Hall–Kier alpha value is -2.15. The fourth-order valence-corrected chi connectivity index (χ4v) is 1.93. The lowest BCUT2D eigenvalue weighted by Crippen LogP contribution is -1.99. The smallest absolute Gasteiger partial charge is 0.335 e. The van der Waals surface area contributed by atoms with Gasteiger partial charge in [-0.15, -0.1) is 0 Å². The van der Waals surface area contributed by atoms with Crippen molar-refractivity contribution in [1.29, 1.82) is 0 Å². The summed E-state index contributed by atoms with van der Waals surface area (Å²) in [6, 6.07) is 5.98. The lowest BCUT2D eigenvalue weighted by molar-refractivity contribution is 0.0697. The molecule has 6 nitrogen and oxygen atoms in total. The van der Waals surface area contributed by atoms with E-state index >= 15 is 0 Å². The summed E-state index contributed by atoms with van der Waals surface area (Å²) < 4.78 is 24.0. The third kappa shape index (κ3) is 2.40. The molecule has 0 aliphatic carbocycles. The number of carbonyl (C=O) groups is 1. The first-order valence-corrected chi connectivity index (χ1v) is 6.85. The normalized spacial score (nSPS) is 11.4. The van der Waals surface area contributed by atoms with Crippen molar-refractivity contribution < 1.29 is 18.3 Å². The molecule has 0 amide bonds. The molecule has 7 heteroatoms. The highest BCUT2D eigenvalue weighted by Gasteiger charge is 2.11. The number of nitrogens with zero attached hydrogens (tertiary/aromatic N) is 2. The van der Waals surface area contributed by atoms with E-state index in [1.54, 1.807) is 12.1 Å². The van der Waals surface area contributed by atoms with E-state index in [0.29, 0.717) is 5.69 Å². The molecule has 0 fully saturated rings. The topological polar surface area (TPSA) is 89.3 Å². The molecule has 94 valence electrons. The van der Waals surface area contributed by atoms with Gasteiger partial charge in [0.25, 0.3) is 0 Å². The fourth-order valence-electron chi connectivity index (χ4n) is 1.40. The summed E-state index contributed by atoms with van der Waals surface area (Å²) in [6.45, 7) is 0. The second kappa shape index (κ2) is 4.26. The van der Waals surface area contributed by atoms with Crippen molar-refractivity contribution in [1.82, 2.24) is 9.78 Å². The summed E-state index contributed by atoms with van der Waals surface area (Å²) in [7, 11) is -3.29. The van der Waals surface area contributed by atoms with Gasteiger partial charge in [-0.25, -0.2) is 17.9 Å². The molecular weight excluding hydrogens is 256 g/mol. The Balaban J connectivity index is 2.38. The quantitative estimate of drug-likeness (QED) is 0.894. The molecule has 0 spiro atoms. The van der Waals surface area contributed by atoms with Crippen LogP contribution in [0.1, 0.15) is 10.4 Å². The van der Waals surface area contributed by atoms with Gasteiger partial charge in [-0.2, -0.15) is 5.10 Å². The molecule has 0 saturated carbocycles. The van der Waals surface area contributed by atoms with Gasteiger partial charge in [0.1, 0.15) is 4.90 Å². The molecule has 18 heavy (non-hydrogen) atoms. The van der Waals surface area contributed by atoms with Crippen LogP contribution in [-0.2, 0) is 9.84 Å². The number of carboxylic acids is 1. The van der Waals surface area contributed by atoms with Crippen molar-refractivity contribution in [3.63, 3.8) is 0 Å². The Labute approximate surface area is 103 Å². The highest BCUT2D eigenvalue weighted by atomic mass is 32.2. The maximum absolute atomic E-state index is 11.3. The summed E-state index contributed by atoms with van der Waals surface area (Å²) in [5.74, 6) is -1.01. The van der Waals surface area contributed by atoms with Crippen molar-refractivity contribution >= 4 is 15.8 Å². The molecular formula is C11H10N2O4S. The lowest BCUT2D eigenvalue weighted by atomic mass is 10.2. The van der Waals surface area contributed by atoms with Gasteiger partial charge in [0, 0.05) is 12.5 Å². The predicted molar refractivity (Wildman–Crippen MR) is 63.6 cm³/mol. The van der Waals surface area contributed by atoms with Crippen LogP contribution in [0.3, 0.4) is 0 Å². The predicted octanol–water partition coefficient (Wildman–Crippen LogP) is 0.974. The Bertz CT molecular complexity index is 686. The van der Waals surface area contributed by atoms with E-state index in [-0.39, 0.29) is 10.5 Å². The van der Waals surface area contributed by atoms with Crippen LogP contribution in [-0.4, -0.2) is 35.5 Å². The van der Waals surface area contributed by atoms with Crippen LogP contribution >= 0.6 is 0 Å². The number of hydrogen-bond donors (Lipinski definition) is 1. The lowest BCUT2D eigenvalue weighted by Gasteiger charge is -2.01. The second-order valence-corrected chi connectivity index (χ2v) is 5.76. The molecule has 0 aliphatic rings. The van der Waals surface area contributed by atoms with E-state index in [4.69, 9.17) is 5.11 Å². The summed E-state index contributed by atoms with van der Waals surface area (Å²) in [5.41, 5.74) is 0.754. The zero-order valence-corrected chi connectivity index (χ0v) is 10.3. The average molecular weight is 266 g/mol. The molecule has 1 heterocycles. The summed E-state index contributed by atoms with van der Waals surface area (Å²) in [5, 5.41) is 12.7. The Morgan fingerprint density at radius 2 is 1.89 bits per heavy atom. The average Bonchev–Trinajstić information content (AvgIpc) is 2.78. The van der Waals surface area contributed by atoms with Gasteiger partial charge in [-0.1, -0.05) is 0 Å². The number of rotatable bonds is 3. The van der Waals surface area contributed by atoms with E-state index in [1.807, 2.05) is 0 Å². The largest absolute Gasteiger partial charge is 0.478 e. The maximum Gasteiger partial charge on any atom is 0.335 e. The molecule has 2 aromatic rings. The second-order valence-electron chi connectivity index (χ2n) is 3.74. The molecule has 0 aliphatic heterocycles. The van der Waals surface area contributed by atoms with Gasteiger partial charge >= 0.3 is 5.97 Å². The Morgan fingerprint density at radius 1 is 1.28 bits per heavy atom. The summed E-state index contributed by atoms with van der Waals surface area (Å²) in [4.78, 5) is 10.8. The van der Waals surface area contributed by atoms with E-state index in [1.165, 1.54) is 29.2 Å². The van der Waals surface area contributed by atoms with Gasteiger partial charge in [-0.3, -0.25) is 0 Å². The molecule has 1 N–H and O–H groups in total. The molecule has 1 aromatic heterocycles. The first-order valence-electron chi connectivity index (χ1n) is 4.96. The minimum absolute atomic E-state index is 0.116. The molecule has 0 unspecified atom stereocenters. The van der Waals surface area contributed by atoms with Gasteiger partial charge in [-0.05, 0) is 24.3 Å². The van der Waals surface area contributed by atoms with E-state index in [0.717, 1.165) is 6.26 Å². The number of benzene rings is 1. The Kier molecular flexibility index (Phi) is 2.92. The van der Waals surface area contributed by atoms with Crippen LogP contribution in [0.4, 0.5) is 0 Å². The van der Waals surface area contributed by atoms with Crippen LogP contribution in [0.2, 0.25) is 0 Å². The van der Waals surface area contributed by atoms with Gasteiger partial charge in [0.15, 0.2) is 9.84 Å². The zero-order chi connectivity index (χ0) is 13.3. The van der Waals surface area contributed by atoms with Crippen molar-refractivity contribution in [2.45, 2.75) is 4.90 Å². The van der Waals surface area contributed by atoms with Crippen LogP contribution in [0, 0.1) is 0 Å². The molecule has 0 radical (unpaired) electrons. The van der Waals surface area contributed by atoms with E-state index in [9.17, 15) is 13.2 Å². The van der Waals surface area contributed by atoms with Gasteiger partial charge in [0.05, 0.1) is 17.4 Å². The van der Waals surface area contributed by atoms with Crippen LogP contribution in [0.25, 0.3) is 5.69 Å². The number of aromatic nitrogens is 2. The highest BCUT2D eigenvalue weighted by molar-refractivity contribution is 7.90. The third-order valence-electron chi connectivity index (χ3n) is 2.37. The van der Waals surface area contributed by atoms with Crippen molar-refractivity contribution in [2.75, 3.05) is 6.26 Å². The number of hydrogen-bond acceptors (Lipinski definition) is 4. The van der Waals surface area contributed by atoms with Crippen molar-refractivity contribution in [3.8, 4) is 5.69 Å². The maximum atomic E-state index is 11.3. The van der Waals surface area contributed by atoms with Crippen LogP contribution < -0.4 is 0 Å². The first-order chi connectivity index (χ1) is 8.38. The molecule has 0 atom stereocenters. The number of sulfone groups is 1.